The highest BCUT2D eigenvalue weighted by Crippen LogP contribution is 2.33. The van der Waals surface area contributed by atoms with Crippen molar-refractivity contribution in [3.8, 4) is 10.8 Å². The zero-order chi connectivity index (χ0) is 16.2. The lowest BCUT2D eigenvalue weighted by Gasteiger charge is -2.09. The Labute approximate surface area is 142 Å². The van der Waals surface area contributed by atoms with Crippen LogP contribution in [0.2, 0.25) is 0 Å². The van der Waals surface area contributed by atoms with Crippen LogP contribution >= 0.6 is 23.1 Å². The second kappa shape index (κ2) is 6.97. The lowest BCUT2D eigenvalue weighted by Crippen LogP contribution is -2.13. The van der Waals surface area contributed by atoms with Gasteiger partial charge in [0.2, 0.25) is 0 Å². The fraction of sp³-hybridized carbons (Fsp3) is 0.188. The molecular formula is C16H15N3O2S2. The molecule has 0 aliphatic heterocycles. The maximum Gasteiger partial charge on any atom is 0.270 e. The summed E-state index contributed by atoms with van der Waals surface area (Å²) >= 11 is 3.10. The highest BCUT2D eigenvalue weighted by atomic mass is 32.2. The third-order valence-electron chi connectivity index (χ3n) is 3.07. The molecule has 3 rings (SSSR count). The van der Waals surface area contributed by atoms with Crippen molar-refractivity contribution in [3.05, 3.63) is 47.1 Å². The summed E-state index contributed by atoms with van der Waals surface area (Å²) in [7, 11) is 0. The van der Waals surface area contributed by atoms with Crippen LogP contribution in [0.5, 0.6) is 0 Å². The van der Waals surface area contributed by atoms with Crippen LogP contribution in [0.1, 0.15) is 23.1 Å². The molecule has 1 amide bonds. The average molecular weight is 345 g/mol. The van der Waals surface area contributed by atoms with E-state index >= 15 is 0 Å². The molecule has 5 nitrogen and oxygen atoms in total. The van der Waals surface area contributed by atoms with Gasteiger partial charge in [-0.15, -0.1) is 23.1 Å². The van der Waals surface area contributed by atoms with Crippen molar-refractivity contribution in [2.24, 2.45) is 0 Å². The van der Waals surface area contributed by atoms with Gasteiger partial charge in [-0.25, -0.2) is 0 Å². The minimum absolute atomic E-state index is 0.141. The summed E-state index contributed by atoms with van der Waals surface area (Å²) in [4.78, 5) is 18.6. The van der Waals surface area contributed by atoms with Crippen molar-refractivity contribution in [1.82, 2.24) is 10.1 Å². The summed E-state index contributed by atoms with van der Waals surface area (Å²) in [5, 5.41) is 8.62. The highest BCUT2D eigenvalue weighted by molar-refractivity contribution is 7.99. The van der Waals surface area contributed by atoms with E-state index in [1.165, 1.54) is 11.3 Å². The predicted octanol–water partition coefficient (Wildman–Crippen LogP) is 4.47. The lowest BCUT2D eigenvalue weighted by atomic mass is 10.2. The number of hydrogen-bond donors (Lipinski definition) is 1. The molecule has 0 aliphatic rings. The molecule has 118 valence electrons. The van der Waals surface area contributed by atoms with E-state index in [1.807, 2.05) is 35.7 Å². The van der Waals surface area contributed by atoms with E-state index in [0.29, 0.717) is 23.0 Å². The number of nitrogens with one attached hydrogen (secondary N) is 1. The quantitative estimate of drug-likeness (QED) is 0.691. The van der Waals surface area contributed by atoms with E-state index in [9.17, 15) is 4.79 Å². The predicted molar refractivity (Wildman–Crippen MR) is 93.1 cm³/mol. The SMILES string of the molecule is CCSc1ccccc1C(=O)Nc1ccsc1-c1nc(C)no1. The molecule has 1 aromatic carbocycles. The van der Waals surface area contributed by atoms with Gasteiger partial charge in [0, 0.05) is 4.90 Å². The molecule has 2 heterocycles. The first-order valence-electron chi connectivity index (χ1n) is 7.10. The maximum atomic E-state index is 12.6. The summed E-state index contributed by atoms with van der Waals surface area (Å²) < 4.78 is 5.19. The third kappa shape index (κ3) is 3.46. The van der Waals surface area contributed by atoms with Crippen molar-refractivity contribution in [1.29, 1.82) is 0 Å². The van der Waals surface area contributed by atoms with E-state index in [-0.39, 0.29) is 5.91 Å². The van der Waals surface area contributed by atoms with E-state index in [2.05, 4.69) is 22.4 Å². The van der Waals surface area contributed by atoms with Gasteiger partial charge >= 0.3 is 0 Å². The molecular weight excluding hydrogens is 330 g/mol. The van der Waals surface area contributed by atoms with Gasteiger partial charge < -0.3 is 9.84 Å². The van der Waals surface area contributed by atoms with Crippen molar-refractivity contribution >= 4 is 34.7 Å². The number of anilines is 1. The number of amides is 1. The second-order valence-electron chi connectivity index (χ2n) is 4.69. The molecule has 0 saturated carbocycles. The first kappa shape index (κ1) is 15.8. The van der Waals surface area contributed by atoms with Crippen LogP contribution in [0.3, 0.4) is 0 Å². The number of benzene rings is 1. The van der Waals surface area contributed by atoms with Gasteiger partial charge in [0.25, 0.3) is 11.8 Å². The monoisotopic (exact) mass is 345 g/mol. The molecule has 0 atom stereocenters. The molecule has 0 saturated heterocycles. The standard InChI is InChI=1S/C16H15N3O2S2/c1-3-22-13-7-5-4-6-11(13)15(20)18-12-8-9-23-14(12)16-17-10(2)19-21-16/h4-9H,3H2,1-2H3,(H,18,20). The number of thioether (sulfide) groups is 1. The average Bonchev–Trinajstić information content (AvgIpc) is 3.17. The van der Waals surface area contributed by atoms with Gasteiger partial charge in [-0.1, -0.05) is 24.2 Å². The van der Waals surface area contributed by atoms with Crippen molar-refractivity contribution in [3.63, 3.8) is 0 Å². The number of carbonyl (C=O) groups excluding carboxylic acids is 1. The molecule has 1 N–H and O–H groups in total. The second-order valence-corrected chi connectivity index (χ2v) is 6.92. The molecule has 23 heavy (non-hydrogen) atoms. The third-order valence-corrected chi connectivity index (χ3v) is 4.92. The lowest BCUT2D eigenvalue weighted by molar-refractivity contribution is 0.102. The Bertz CT molecular complexity index is 826. The molecule has 2 aromatic heterocycles. The summed E-state index contributed by atoms with van der Waals surface area (Å²) in [6, 6.07) is 9.43. The van der Waals surface area contributed by atoms with E-state index in [1.54, 1.807) is 18.7 Å². The van der Waals surface area contributed by atoms with Gasteiger partial charge in [0.1, 0.15) is 4.88 Å². The summed E-state index contributed by atoms with van der Waals surface area (Å²) in [6.07, 6.45) is 0. The normalized spacial score (nSPS) is 10.7. The Morgan fingerprint density at radius 2 is 2.17 bits per heavy atom. The van der Waals surface area contributed by atoms with Crippen molar-refractivity contribution in [2.75, 3.05) is 11.1 Å². The van der Waals surface area contributed by atoms with Gasteiger partial charge in [-0.2, -0.15) is 4.98 Å². The number of aromatic nitrogens is 2. The topological polar surface area (TPSA) is 68.0 Å². The molecule has 0 radical (unpaired) electrons. The van der Waals surface area contributed by atoms with E-state index < -0.39 is 0 Å². The van der Waals surface area contributed by atoms with E-state index in [0.717, 1.165) is 15.5 Å². The first-order chi connectivity index (χ1) is 11.2. The van der Waals surface area contributed by atoms with Crippen LogP contribution in [-0.2, 0) is 0 Å². The molecule has 0 bridgehead atoms. The number of hydrogen-bond acceptors (Lipinski definition) is 6. The largest absolute Gasteiger partial charge is 0.333 e. The molecule has 3 aromatic rings. The van der Waals surface area contributed by atoms with Crippen LogP contribution in [0.4, 0.5) is 5.69 Å². The Balaban J connectivity index is 1.86. The summed E-state index contributed by atoms with van der Waals surface area (Å²) in [5.41, 5.74) is 1.35. The Hall–Kier alpha value is -2.12. The maximum absolute atomic E-state index is 12.6. The van der Waals surface area contributed by atoms with E-state index in [4.69, 9.17) is 4.52 Å². The van der Waals surface area contributed by atoms with Gasteiger partial charge in [-0.05, 0) is 36.3 Å². The highest BCUT2D eigenvalue weighted by Gasteiger charge is 2.17. The van der Waals surface area contributed by atoms with Crippen LogP contribution in [0.15, 0.2) is 45.1 Å². The Morgan fingerprint density at radius 3 is 2.91 bits per heavy atom. The Morgan fingerprint density at radius 1 is 1.35 bits per heavy atom. The number of rotatable bonds is 5. The molecule has 0 aliphatic carbocycles. The number of thiophene rings is 1. The van der Waals surface area contributed by atoms with Crippen LogP contribution in [0, 0.1) is 6.92 Å². The fourth-order valence-corrected chi connectivity index (χ4v) is 3.66. The zero-order valence-electron chi connectivity index (χ0n) is 12.7. The molecule has 0 spiro atoms. The van der Waals surface area contributed by atoms with Crippen LogP contribution < -0.4 is 5.32 Å². The first-order valence-corrected chi connectivity index (χ1v) is 8.97. The molecule has 0 unspecified atom stereocenters. The summed E-state index contributed by atoms with van der Waals surface area (Å²) in [5.74, 6) is 1.76. The van der Waals surface area contributed by atoms with Gasteiger partial charge in [-0.3, -0.25) is 4.79 Å². The number of carbonyl (C=O) groups is 1. The van der Waals surface area contributed by atoms with Gasteiger partial charge in [0.05, 0.1) is 11.3 Å². The minimum Gasteiger partial charge on any atom is -0.333 e. The van der Waals surface area contributed by atoms with Crippen molar-refractivity contribution in [2.45, 2.75) is 18.7 Å². The summed E-state index contributed by atoms with van der Waals surface area (Å²) in [6.45, 7) is 3.82. The molecule has 0 fully saturated rings. The minimum atomic E-state index is -0.141. The zero-order valence-corrected chi connectivity index (χ0v) is 14.3. The van der Waals surface area contributed by atoms with Crippen molar-refractivity contribution < 1.29 is 9.32 Å². The smallest absolute Gasteiger partial charge is 0.270 e. The molecule has 7 heteroatoms. The fourth-order valence-electron chi connectivity index (χ4n) is 2.09. The number of aryl methyl sites for hydroxylation is 1. The Kier molecular flexibility index (Phi) is 4.78. The van der Waals surface area contributed by atoms with Crippen LogP contribution in [0.25, 0.3) is 10.8 Å². The van der Waals surface area contributed by atoms with Crippen LogP contribution in [-0.4, -0.2) is 21.8 Å². The number of nitrogens with zero attached hydrogens (tertiary/aromatic N) is 2. The van der Waals surface area contributed by atoms with Gasteiger partial charge in [0.15, 0.2) is 5.82 Å².